The molecule has 19 heavy (non-hydrogen) atoms. The van der Waals surface area contributed by atoms with Gasteiger partial charge in [0, 0.05) is 5.57 Å². The summed E-state index contributed by atoms with van der Waals surface area (Å²) in [5.41, 5.74) is 8.52. The number of rotatable bonds is 2. The van der Waals surface area contributed by atoms with Crippen molar-refractivity contribution < 1.29 is 0 Å². The second-order valence-corrected chi connectivity index (χ2v) is 4.42. The normalized spacial score (nSPS) is 13.6. The van der Waals surface area contributed by atoms with Crippen molar-refractivity contribution in [3.63, 3.8) is 0 Å². The second kappa shape index (κ2) is 4.96. The molecule has 0 aromatic heterocycles. The number of hydrogen-bond acceptors (Lipinski definition) is 1. The van der Waals surface area contributed by atoms with Gasteiger partial charge in [-0.1, -0.05) is 66.4 Å². The Balaban J connectivity index is 2.16. The summed E-state index contributed by atoms with van der Waals surface area (Å²) in [6.07, 6.45) is 0. The third-order valence-corrected chi connectivity index (χ3v) is 3.02. The minimum absolute atomic E-state index is 0.860. The maximum absolute atomic E-state index is 4.26. The first-order valence-corrected chi connectivity index (χ1v) is 6.27. The summed E-state index contributed by atoms with van der Waals surface area (Å²) in [7, 11) is 0. The van der Waals surface area contributed by atoms with E-state index in [2.05, 4.69) is 40.9 Å². The van der Waals surface area contributed by atoms with E-state index in [0.717, 1.165) is 28.0 Å². The van der Waals surface area contributed by atoms with Crippen LogP contribution in [0.3, 0.4) is 0 Å². The van der Waals surface area contributed by atoms with Gasteiger partial charge in [-0.25, -0.2) is 4.99 Å². The van der Waals surface area contributed by atoms with Crippen molar-refractivity contribution in [3.8, 4) is 0 Å². The van der Waals surface area contributed by atoms with Gasteiger partial charge in [0.2, 0.25) is 0 Å². The van der Waals surface area contributed by atoms with Gasteiger partial charge < -0.3 is 0 Å². The molecule has 90 valence electrons. The molecular formula is C18H13N. The molecular weight excluding hydrogens is 230 g/mol. The van der Waals surface area contributed by atoms with E-state index < -0.39 is 0 Å². The molecule has 1 heteroatoms. The van der Waals surface area contributed by atoms with Crippen LogP contribution < -0.4 is 0 Å². The summed E-state index contributed by atoms with van der Waals surface area (Å²) in [4.78, 5) is 4.26. The lowest BCUT2D eigenvalue weighted by atomic mass is 9.93. The van der Waals surface area contributed by atoms with Crippen LogP contribution in [0.1, 0.15) is 18.1 Å². The fourth-order valence-corrected chi connectivity index (χ4v) is 2.10. The Morgan fingerprint density at radius 3 is 1.84 bits per heavy atom. The molecule has 0 aliphatic carbocycles. The molecule has 1 heterocycles. The number of benzene rings is 2. The molecule has 0 atom stereocenters. The van der Waals surface area contributed by atoms with Crippen molar-refractivity contribution in [3.05, 3.63) is 83.2 Å². The van der Waals surface area contributed by atoms with Crippen LogP contribution in [0.15, 0.2) is 77.1 Å². The highest BCUT2D eigenvalue weighted by molar-refractivity contribution is 6.16. The van der Waals surface area contributed by atoms with Gasteiger partial charge in [-0.15, -0.1) is 0 Å². The zero-order valence-corrected chi connectivity index (χ0v) is 10.7. The SMILES string of the molecule is CC1=C=C(c2ccccc2)C(c2ccccc2)=C=N1. The predicted molar refractivity (Wildman–Crippen MR) is 79.8 cm³/mol. The smallest absolute Gasteiger partial charge is 0.0896 e. The monoisotopic (exact) mass is 243 g/mol. The minimum Gasteiger partial charge on any atom is -0.202 e. The van der Waals surface area contributed by atoms with Gasteiger partial charge in [0.15, 0.2) is 0 Å². The zero-order chi connectivity index (χ0) is 13.1. The lowest BCUT2D eigenvalue weighted by molar-refractivity contribution is 1.33. The van der Waals surface area contributed by atoms with Crippen LogP contribution in [0.5, 0.6) is 0 Å². The van der Waals surface area contributed by atoms with E-state index in [9.17, 15) is 0 Å². The third-order valence-electron chi connectivity index (χ3n) is 3.02. The summed E-state index contributed by atoms with van der Waals surface area (Å²) in [5.74, 6) is 3.14. The van der Waals surface area contributed by atoms with Gasteiger partial charge in [0.25, 0.3) is 0 Å². The van der Waals surface area contributed by atoms with E-state index in [0.29, 0.717) is 0 Å². The molecule has 3 rings (SSSR count). The first-order valence-electron chi connectivity index (χ1n) is 6.27. The van der Waals surface area contributed by atoms with Crippen molar-refractivity contribution in [2.45, 2.75) is 6.92 Å². The van der Waals surface area contributed by atoms with Crippen LogP contribution in [-0.4, -0.2) is 5.87 Å². The maximum Gasteiger partial charge on any atom is 0.0896 e. The summed E-state index contributed by atoms with van der Waals surface area (Å²) in [6.45, 7) is 1.94. The van der Waals surface area contributed by atoms with Crippen LogP contribution in [-0.2, 0) is 0 Å². The summed E-state index contributed by atoms with van der Waals surface area (Å²) >= 11 is 0. The molecule has 0 bridgehead atoms. The molecule has 2 aromatic carbocycles. The fraction of sp³-hybridized carbons (Fsp3) is 0.0556. The predicted octanol–water partition coefficient (Wildman–Crippen LogP) is 4.34. The van der Waals surface area contributed by atoms with Gasteiger partial charge >= 0.3 is 0 Å². The molecule has 0 fully saturated rings. The van der Waals surface area contributed by atoms with E-state index in [4.69, 9.17) is 0 Å². The summed E-state index contributed by atoms with van der Waals surface area (Å²) in [6, 6.07) is 20.5. The van der Waals surface area contributed by atoms with E-state index in [1.54, 1.807) is 0 Å². The van der Waals surface area contributed by atoms with Crippen molar-refractivity contribution in [1.29, 1.82) is 0 Å². The van der Waals surface area contributed by atoms with Crippen LogP contribution in [0.25, 0.3) is 11.1 Å². The Morgan fingerprint density at radius 2 is 1.26 bits per heavy atom. The molecule has 0 radical (unpaired) electrons. The van der Waals surface area contributed by atoms with Crippen LogP contribution in [0.4, 0.5) is 0 Å². The number of nitrogens with zero attached hydrogens (tertiary/aromatic N) is 1. The van der Waals surface area contributed by atoms with Crippen LogP contribution in [0, 0.1) is 0 Å². The van der Waals surface area contributed by atoms with Crippen LogP contribution in [0.2, 0.25) is 0 Å². The Kier molecular flexibility index (Phi) is 3.00. The van der Waals surface area contributed by atoms with Gasteiger partial charge in [-0.3, -0.25) is 0 Å². The lowest BCUT2D eigenvalue weighted by Crippen LogP contribution is -1.93. The molecule has 0 spiro atoms. The van der Waals surface area contributed by atoms with E-state index >= 15 is 0 Å². The minimum atomic E-state index is 0.860. The molecule has 1 aliphatic heterocycles. The van der Waals surface area contributed by atoms with E-state index in [-0.39, 0.29) is 0 Å². The average molecular weight is 243 g/mol. The molecule has 0 N–H and O–H groups in total. The Bertz CT molecular complexity index is 724. The van der Waals surface area contributed by atoms with Gasteiger partial charge in [0.1, 0.15) is 0 Å². The van der Waals surface area contributed by atoms with Gasteiger partial charge in [-0.05, 0) is 23.9 Å². The molecule has 0 saturated carbocycles. The lowest BCUT2D eigenvalue weighted by Gasteiger charge is -2.10. The molecule has 2 aromatic rings. The second-order valence-electron chi connectivity index (χ2n) is 4.42. The van der Waals surface area contributed by atoms with Crippen molar-refractivity contribution in [1.82, 2.24) is 0 Å². The average Bonchev–Trinajstić information content (AvgIpc) is 2.49. The number of allylic oxidation sites excluding steroid dienone is 2. The zero-order valence-electron chi connectivity index (χ0n) is 10.7. The summed E-state index contributed by atoms with van der Waals surface area (Å²) < 4.78 is 0. The number of hydrogen-bond donors (Lipinski definition) is 0. The molecule has 0 amide bonds. The highest BCUT2D eigenvalue weighted by Crippen LogP contribution is 2.30. The van der Waals surface area contributed by atoms with Crippen molar-refractivity contribution in [2.75, 3.05) is 0 Å². The maximum atomic E-state index is 4.26. The van der Waals surface area contributed by atoms with E-state index in [1.165, 1.54) is 0 Å². The fourth-order valence-electron chi connectivity index (χ4n) is 2.10. The van der Waals surface area contributed by atoms with Crippen molar-refractivity contribution in [2.24, 2.45) is 4.99 Å². The standard InChI is InChI=1S/C18H13N/c1-14-12-17(15-8-4-2-5-9-15)18(13-19-14)16-10-6-3-7-11-16/h2-11H,1H3. The highest BCUT2D eigenvalue weighted by Gasteiger charge is 2.12. The first kappa shape index (κ1) is 11.5. The Hall–Kier alpha value is -2.59. The third kappa shape index (κ3) is 2.34. The van der Waals surface area contributed by atoms with Gasteiger partial charge in [-0.2, -0.15) is 0 Å². The Morgan fingerprint density at radius 1 is 0.737 bits per heavy atom. The highest BCUT2D eigenvalue weighted by atomic mass is 14.7. The van der Waals surface area contributed by atoms with Crippen molar-refractivity contribution >= 4 is 17.0 Å². The molecule has 1 aliphatic rings. The van der Waals surface area contributed by atoms with Crippen LogP contribution >= 0.6 is 0 Å². The summed E-state index contributed by atoms with van der Waals surface area (Å²) in [5, 5.41) is 0. The molecule has 0 unspecified atom stereocenters. The topological polar surface area (TPSA) is 12.4 Å². The molecule has 1 nitrogen and oxygen atoms in total. The largest absolute Gasteiger partial charge is 0.202 e. The molecule has 0 saturated heterocycles. The first-order chi connectivity index (χ1) is 9.34. The Labute approximate surface area is 112 Å². The quantitative estimate of drug-likeness (QED) is 0.696. The van der Waals surface area contributed by atoms with E-state index in [1.807, 2.05) is 43.3 Å². The van der Waals surface area contributed by atoms with Gasteiger partial charge in [0.05, 0.1) is 11.3 Å². The number of aliphatic imine (C=N–C) groups is 1.